The molecule has 1 aliphatic heterocycles. The average molecular weight is 632 g/mol. The van der Waals surface area contributed by atoms with Crippen LogP contribution in [0.1, 0.15) is 30.5 Å². The van der Waals surface area contributed by atoms with E-state index >= 15 is 0 Å². The molecule has 0 saturated carbocycles. The molecular formula is C35H41NO6SSi. The zero-order valence-corrected chi connectivity index (χ0v) is 27.7. The summed E-state index contributed by atoms with van der Waals surface area (Å²) in [4.78, 5) is 42.4. The van der Waals surface area contributed by atoms with E-state index in [2.05, 4.69) is 26.2 Å². The lowest BCUT2D eigenvalue weighted by Crippen LogP contribution is -2.70. The number of ether oxygens (including phenoxy) is 2. The number of thioether (sulfide) groups is 1. The maximum Gasteiger partial charge on any atom is 0.341 e. The first-order valence-corrected chi connectivity index (χ1v) is 19.2. The second-order valence-electron chi connectivity index (χ2n) is 12.1. The van der Waals surface area contributed by atoms with Crippen LogP contribution in [0, 0.1) is 5.92 Å². The van der Waals surface area contributed by atoms with Crippen molar-refractivity contribution in [2.24, 2.45) is 5.92 Å². The second-order valence-corrected chi connectivity index (χ2v) is 18.9. The molecule has 1 amide bonds. The SMILES string of the molecule is C=CCOC(=O)C(C(=O)OC(C)[Si](C)(C)C)N1C(=O)[C@H](C(C)O)[C@H]1SC(c1ccccc1)(c1ccccc1)c1ccccc1. The largest absolute Gasteiger partial charge is 0.465 e. The zero-order chi connectivity index (χ0) is 32.1. The van der Waals surface area contributed by atoms with Crippen molar-refractivity contribution < 1.29 is 29.0 Å². The van der Waals surface area contributed by atoms with Crippen LogP contribution in [0.3, 0.4) is 0 Å². The monoisotopic (exact) mass is 631 g/mol. The Morgan fingerprint density at radius 1 is 0.909 bits per heavy atom. The molecule has 1 fully saturated rings. The summed E-state index contributed by atoms with van der Waals surface area (Å²) in [5, 5.41) is 10.1. The van der Waals surface area contributed by atoms with Gasteiger partial charge in [-0.25, -0.2) is 9.59 Å². The Morgan fingerprint density at radius 2 is 1.36 bits per heavy atom. The van der Waals surface area contributed by atoms with E-state index in [0.29, 0.717) is 0 Å². The number of amides is 1. The van der Waals surface area contributed by atoms with Gasteiger partial charge in [0, 0.05) is 0 Å². The Morgan fingerprint density at radius 3 is 1.75 bits per heavy atom. The maximum atomic E-state index is 13.8. The predicted molar refractivity (Wildman–Crippen MR) is 176 cm³/mol. The van der Waals surface area contributed by atoms with Crippen LogP contribution in [0.25, 0.3) is 0 Å². The number of benzene rings is 3. The van der Waals surface area contributed by atoms with Crippen LogP contribution in [0.15, 0.2) is 104 Å². The Kier molecular flexibility index (Phi) is 10.5. The van der Waals surface area contributed by atoms with Gasteiger partial charge < -0.3 is 19.5 Å². The van der Waals surface area contributed by atoms with Crippen molar-refractivity contribution in [2.75, 3.05) is 6.61 Å². The highest BCUT2D eigenvalue weighted by Gasteiger charge is 2.60. The average Bonchev–Trinajstić information content (AvgIpc) is 3.01. The molecule has 0 aromatic heterocycles. The van der Waals surface area contributed by atoms with Gasteiger partial charge in [0.05, 0.1) is 35.9 Å². The van der Waals surface area contributed by atoms with Crippen LogP contribution < -0.4 is 0 Å². The summed E-state index contributed by atoms with van der Waals surface area (Å²) in [6.07, 6.45) is 0.358. The van der Waals surface area contributed by atoms with Gasteiger partial charge in [0.25, 0.3) is 0 Å². The number of carbonyl (C=O) groups excluding carboxylic acids is 3. The second kappa shape index (κ2) is 14.0. The zero-order valence-electron chi connectivity index (χ0n) is 25.9. The topological polar surface area (TPSA) is 93.1 Å². The van der Waals surface area contributed by atoms with E-state index in [1.54, 1.807) is 6.92 Å². The smallest absolute Gasteiger partial charge is 0.341 e. The van der Waals surface area contributed by atoms with Crippen LogP contribution in [0.5, 0.6) is 0 Å². The molecule has 232 valence electrons. The number of rotatable bonds is 13. The molecule has 0 spiro atoms. The third kappa shape index (κ3) is 6.70. The van der Waals surface area contributed by atoms with Crippen LogP contribution in [-0.2, 0) is 28.6 Å². The van der Waals surface area contributed by atoms with Crippen LogP contribution in [0.2, 0.25) is 19.6 Å². The molecular weight excluding hydrogens is 591 g/mol. The third-order valence-electron chi connectivity index (χ3n) is 8.06. The lowest BCUT2D eigenvalue weighted by Gasteiger charge is -2.53. The molecule has 3 aromatic carbocycles. The molecule has 3 unspecified atom stereocenters. The summed E-state index contributed by atoms with van der Waals surface area (Å²) in [6.45, 7) is 13.0. The van der Waals surface area contributed by atoms with Crippen LogP contribution in [-0.4, -0.2) is 65.8 Å². The normalized spacial score (nSPS) is 18.9. The first kappa shape index (κ1) is 33.2. The third-order valence-corrected chi connectivity index (χ3v) is 12.4. The highest BCUT2D eigenvalue weighted by Crippen LogP contribution is 2.55. The van der Waals surface area contributed by atoms with Gasteiger partial charge in [-0.3, -0.25) is 4.79 Å². The molecule has 1 heterocycles. The van der Waals surface area contributed by atoms with Gasteiger partial charge in [-0.2, -0.15) is 0 Å². The molecule has 0 bridgehead atoms. The van der Waals surface area contributed by atoms with E-state index in [-0.39, 0.29) is 6.61 Å². The van der Waals surface area contributed by atoms with E-state index in [0.717, 1.165) is 16.7 Å². The predicted octanol–water partition coefficient (Wildman–Crippen LogP) is 5.78. The van der Waals surface area contributed by atoms with Crippen molar-refractivity contribution in [3.63, 3.8) is 0 Å². The number of nitrogens with zero attached hydrogens (tertiary/aromatic N) is 1. The number of likely N-dealkylation sites (tertiary alicyclic amines) is 1. The molecule has 44 heavy (non-hydrogen) atoms. The summed E-state index contributed by atoms with van der Waals surface area (Å²) < 4.78 is 10.3. The highest BCUT2D eigenvalue weighted by atomic mass is 32.2. The molecule has 5 atom stereocenters. The number of aliphatic hydroxyl groups is 1. The van der Waals surface area contributed by atoms with E-state index in [9.17, 15) is 19.5 Å². The Hall–Kier alpha value is -3.66. The molecule has 1 N–H and O–H groups in total. The standard InChI is InChI=1S/C35H41NO6SSi/c1-7-23-41-33(39)30(34(40)42-25(3)44(4,5)6)36-31(38)29(24(2)37)32(36)43-35(26-17-11-8-12-18-26,27-19-13-9-14-20-27)28-21-15-10-16-22-28/h7-22,24-25,29-30,32,37H,1,23H2,2-6H3/t24?,25?,29-,30?,32+/m0/s1. The van der Waals surface area contributed by atoms with Gasteiger partial charge >= 0.3 is 11.9 Å². The van der Waals surface area contributed by atoms with Gasteiger partial charge in [-0.15, -0.1) is 11.8 Å². The quantitative estimate of drug-likeness (QED) is 0.0638. The summed E-state index contributed by atoms with van der Waals surface area (Å²) in [6, 6.07) is 28.0. The fraction of sp³-hybridized carbons (Fsp3) is 0.343. The summed E-state index contributed by atoms with van der Waals surface area (Å²) >= 11 is 1.42. The Bertz CT molecular complexity index is 1350. The highest BCUT2D eigenvalue weighted by molar-refractivity contribution is 8.01. The van der Waals surface area contributed by atoms with Crippen molar-refractivity contribution in [1.29, 1.82) is 0 Å². The molecule has 4 rings (SSSR count). The molecule has 7 nitrogen and oxygen atoms in total. The summed E-state index contributed by atoms with van der Waals surface area (Å²) in [7, 11) is -1.95. The van der Waals surface area contributed by atoms with Crippen molar-refractivity contribution in [3.05, 3.63) is 120 Å². The molecule has 1 aliphatic rings. The first-order chi connectivity index (χ1) is 20.9. The molecule has 0 radical (unpaired) electrons. The van der Waals surface area contributed by atoms with Gasteiger partial charge in [0.15, 0.2) is 0 Å². The number of β-lactam (4-membered cyclic amide) rings is 1. The summed E-state index contributed by atoms with van der Waals surface area (Å²) in [5.74, 6) is -3.14. The minimum atomic E-state index is -1.95. The van der Waals surface area contributed by atoms with Gasteiger partial charge in [-0.05, 0) is 30.5 Å². The number of carbonyl (C=O) groups is 3. The number of hydrogen-bond donors (Lipinski definition) is 1. The van der Waals surface area contributed by atoms with Gasteiger partial charge in [0.2, 0.25) is 11.9 Å². The van der Waals surface area contributed by atoms with E-state index < -0.39 is 59.8 Å². The van der Waals surface area contributed by atoms with E-state index in [1.165, 1.54) is 22.7 Å². The van der Waals surface area contributed by atoms with Crippen molar-refractivity contribution in [3.8, 4) is 0 Å². The molecule has 3 aromatic rings. The number of aliphatic hydroxyl groups excluding tert-OH is 1. The Labute approximate surface area is 265 Å². The first-order valence-electron chi connectivity index (χ1n) is 14.8. The summed E-state index contributed by atoms with van der Waals surface area (Å²) in [5.41, 5.74) is 2.39. The molecule has 9 heteroatoms. The van der Waals surface area contributed by atoms with Gasteiger partial charge in [0.1, 0.15) is 6.61 Å². The minimum absolute atomic E-state index is 0.131. The van der Waals surface area contributed by atoms with E-state index in [4.69, 9.17) is 9.47 Å². The fourth-order valence-corrected chi connectivity index (χ4v) is 7.70. The van der Waals surface area contributed by atoms with Crippen LogP contribution in [0.4, 0.5) is 0 Å². The van der Waals surface area contributed by atoms with Crippen molar-refractivity contribution >= 4 is 37.7 Å². The Balaban J connectivity index is 1.89. The van der Waals surface area contributed by atoms with Gasteiger partial charge in [-0.1, -0.05) is 123 Å². The number of hydrogen-bond acceptors (Lipinski definition) is 7. The maximum absolute atomic E-state index is 13.8. The van der Waals surface area contributed by atoms with E-state index in [1.807, 2.05) is 97.9 Å². The van der Waals surface area contributed by atoms with Crippen molar-refractivity contribution in [2.45, 2.75) is 61.5 Å². The molecule has 0 aliphatic carbocycles. The lowest BCUT2D eigenvalue weighted by molar-refractivity contribution is -0.181. The van der Waals surface area contributed by atoms with Crippen molar-refractivity contribution in [1.82, 2.24) is 4.90 Å². The minimum Gasteiger partial charge on any atom is -0.465 e. The number of esters is 2. The molecule has 1 saturated heterocycles. The fourth-order valence-electron chi connectivity index (χ4n) is 5.22. The lowest BCUT2D eigenvalue weighted by atomic mass is 9.84. The van der Waals surface area contributed by atoms with Crippen LogP contribution >= 0.6 is 11.8 Å².